The van der Waals surface area contributed by atoms with Crippen molar-refractivity contribution < 1.29 is 9.90 Å². The van der Waals surface area contributed by atoms with Crippen molar-refractivity contribution in [2.75, 3.05) is 32.7 Å². The molecule has 1 N–H and O–H groups in total. The van der Waals surface area contributed by atoms with Crippen LogP contribution in [0.5, 0.6) is 0 Å². The van der Waals surface area contributed by atoms with Gasteiger partial charge in [-0.15, -0.1) is 0 Å². The highest BCUT2D eigenvalue weighted by atomic mass is 16.4. The first-order valence-corrected chi connectivity index (χ1v) is 7.37. The highest BCUT2D eigenvalue weighted by Crippen LogP contribution is 2.12. The van der Waals surface area contributed by atoms with E-state index >= 15 is 0 Å². The highest BCUT2D eigenvalue weighted by Gasteiger charge is 2.21. The summed E-state index contributed by atoms with van der Waals surface area (Å²) in [4.78, 5) is 15.2. The van der Waals surface area contributed by atoms with Crippen LogP contribution < -0.4 is 0 Å². The van der Waals surface area contributed by atoms with E-state index in [9.17, 15) is 4.79 Å². The molecule has 1 heterocycles. The van der Waals surface area contributed by atoms with Gasteiger partial charge in [0.1, 0.15) is 0 Å². The standard InChI is InChI=1S/C16H24N2O2/c1-14(7-8-15-5-3-2-4-6-15)18-11-9-17(10-12-18)13-16(19)20/h2-6,14H,7-13H2,1H3,(H,19,20). The molecule has 1 atom stereocenters. The van der Waals surface area contributed by atoms with Crippen LogP contribution in [-0.4, -0.2) is 59.6 Å². The fraction of sp³-hybridized carbons (Fsp3) is 0.562. The number of hydrogen-bond acceptors (Lipinski definition) is 3. The average Bonchev–Trinajstić information content (AvgIpc) is 2.46. The van der Waals surface area contributed by atoms with Gasteiger partial charge in [0.05, 0.1) is 6.54 Å². The Kier molecular flexibility index (Phi) is 5.56. The van der Waals surface area contributed by atoms with Crippen LogP contribution in [0.2, 0.25) is 0 Å². The summed E-state index contributed by atoms with van der Waals surface area (Å²) in [6, 6.07) is 11.1. The van der Waals surface area contributed by atoms with Gasteiger partial charge in [0.2, 0.25) is 0 Å². The molecule has 110 valence electrons. The van der Waals surface area contributed by atoms with E-state index in [0.29, 0.717) is 6.04 Å². The topological polar surface area (TPSA) is 43.8 Å². The first-order valence-electron chi connectivity index (χ1n) is 7.37. The van der Waals surface area contributed by atoms with E-state index in [2.05, 4.69) is 42.2 Å². The number of rotatable bonds is 6. The number of hydrogen-bond donors (Lipinski definition) is 1. The lowest BCUT2D eigenvalue weighted by Crippen LogP contribution is -2.50. The van der Waals surface area contributed by atoms with Crippen LogP contribution >= 0.6 is 0 Å². The van der Waals surface area contributed by atoms with Crippen LogP contribution in [0.25, 0.3) is 0 Å². The number of benzene rings is 1. The normalized spacial score (nSPS) is 18.9. The summed E-state index contributed by atoms with van der Waals surface area (Å²) in [6.07, 6.45) is 2.26. The largest absolute Gasteiger partial charge is 0.480 e. The third-order valence-corrected chi connectivity index (χ3v) is 4.08. The Balaban J connectivity index is 1.72. The van der Waals surface area contributed by atoms with E-state index in [-0.39, 0.29) is 6.54 Å². The van der Waals surface area contributed by atoms with Crippen molar-refractivity contribution >= 4 is 5.97 Å². The highest BCUT2D eigenvalue weighted by molar-refractivity contribution is 5.69. The predicted molar refractivity (Wildman–Crippen MR) is 79.9 cm³/mol. The maximum Gasteiger partial charge on any atom is 0.317 e. The first-order chi connectivity index (χ1) is 9.65. The Hall–Kier alpha value is -1.39. The van der Waals surface area contributed by atoms with Gasteiger partial charge in [-0.3, -0.25) is 14.6 Å². The number of carboxylic acids is 1. The molecule has 1 saturated heterocycles. The van der Waals surface area contributed by atoms with Gasteiger partial charge in [0.25, 0.3) is 0 Å². The van der Waals surface area contributed by atoms with Crippen LogP contribution in [0.1, 0.15) is 18.9 Å². The molecule has 0 bridgehead atoms. The predicted octanol–water partition coefficient (Wildman–Crippen LogP) is 1.71. The Morgan fingerprint density at radius 2 is 1.85 bits per heavy atom. The average molecular weight is 276 g/mol. The number of piperazine rings is 1. The zero-order chi connectivity index (χ0) is 14.4. The summed E-state index contributed by atoms with van der Waals surface area (Å²) >= 11 is 0. The molecule has 0 amide bonds. The van der Waals surface area contributed by atoms with E-state index in [1.807, 2.05) is 4.90 Å². The van der Waals surface area contributed by atoms with Gasteiger partial charge >= 0.3 is 5.97 Å². The van der Waals surface area contributed by atoms with E-state index in [1.54, 1.807) is 0 Å². The van der Waals surface area contributed by atoms with Gasteiger partial charge in [0.15, 0.2) is 0 Å². The van der Waals surface area contributed by atoms with Crippen LogP contribution in [0, 0.1) is 0 Å². The van der Waals surface area contributed by atoms with E-state index < -0.39 is 5.97 Å². The van der Waals surface area contributed by atoms with E-state index in [0.717, 1.165) is 39.0 Å². The van der Waals surface area contributed by atoms with Crippen LogP contribution in [0.15, 0.2) is 30.3 Å². The SMILES string of the molecule is CC(CCc1ccccc1)N1CCN(CC(=O)O)CC1. The zero-order valence-electron chi connectivity index (χ0n) is 12.2. The fourth-order valence-electron chi connectivity index (χ4n) is 2.76. The molecule has 1 aromatic rings. The minimum absolute atomic E-state index is 0.173. The quantitative estimate of drug-likeness (QED) is 0.859. The number of nitrogens with zero attached hydrogens (tertiary/aromatic N) is 2. The lowest BCUT2D eigenvalue weighted by atomic mass is 10.0. The van der Waals surface area contributed by atoms with Crippen molar-refractivity contribution in [3.05, 3.63) is 35.9 Å². The minimum atomic E-state index is -0.726. The molecule has 0 aromatic heterocycles. The summed E-state index contributed by atoms with van der Waals surface area (Å²) < 4.78 is 0. The summed E-state index contributed by atoms with van der Waals surface area (Å²) in [5.41, 5.74) is 1.39. The molecule has 1 unspecified atom stereocenters. The van der Waals surface area contributed by atoms with Crippen molar-refractivity contribution in [3.63, 3.8) is 0 Å². The Morgan fingerprint density at radius 1 is 1.20 bits per heavy atom. The molecule has 0 saturated carbocycles. The maximum atomic E-state index is 10.7. The molecule has 0 radical (unpaired) electrons. The second-order valence-electron chi connectivity index (χ2n) is 5.58. The molecule has 0 aliphatic carbocycles. The van der Waals surface area contributed by atoms with Gasteiger partial charge in [-0.05, 0) is 25.3 Å². The van der Waals surface area contributed by atoms with Crippen molar-refractivity contribution in [2.45, 2.75) is 25.8 Å². The minimum Gasteiger partial charge on any atom is -0.480 e. The maximum absolute atomic E-state index is 10.7. The molecular weight excluding hydrogens is 252 g/mol. The van der Waals surface area contributed by atoms with Crippen molar-refractivity contribution in [1.82, 2.24) is 9.80 Å². The van der Waals surface area contributed by atoms with Gasteiger partial charge in [-0.25, -0.2) is 0 Å². The molecule has 4 nitrogen and oxygen atoms in total. The molecule has 2 rings (SSSR count). The second-order valence-corrected chi connectivity index (χ2v) is 5.58. The summed E-state index contributed by atoms with van der Waals surface area (Å²) in [5, 5.41) is 8.80. The van der Waals surface area contributed by atoms with Gasteiger partial charge in [0, 0.05) is 32.2 Å². The van der Waals surface area contributed by atoms with Crippen LogP contribution in [-0.2, 0) is 11.2 Å². The second kappa shape index (κ2) is 7.41. The molecule has 1 aliphatic rings. The van der Waals surface area contributed by atoms with Crippen molar-refractivity contribution in [2.24, 2.45) is 0 Å². The lowest BCUT2D eigenvalue weighted by Gasteiger charge is -2.37. The summed E-state index contributed by atoms with van der Waals surface area (Å²) in [7, 11) is 0. The Morgan fingerprint density at radius 3 is 2.45 bits per heavy atom. The van der Waals surface area contributed by atoms with E-state index in [4.69, 9.17) is 5.11 Å². The molecule has 1 aliphatic heterocycles. The third-order valence-electron chi connectivity index (χ3n) is 4.08. The van der Waals surface area contributed by atoms with Gasteiger partial charge in [-0.2, -0.15) is 0 Å². The molecule has 0 spiro atoms. The summed E-state index contributed by atoms with van der Waals surface area (Å²) in [5.74, 6) is -0.726. The fourth-order valence-corrected chi connectivity index (χ4v) is 2.76. The van der Waals surface area contributed by atoms with E-state index in [1.165, 1.54) is 5.56 Å². The molecule has 1 aromatic carbocycles. The van der Waals surface area contributed by atoms with Crippen LogP contribution in [0.3, 0.4) is 0 Å². The molecule has 4 heteroatoms. The monoisotopic (exact) mass is 276 g/mol. The number of carbonyl (C=O) groups is 1. The lowest BCUT2D eigenvalue weighted by molar-refractivity contribution is -0.138. The van der Waals surface area contributed by atoms with Gasteiger partial charge < -0.3 is 5.11 Å². The Labute approximate surface area is 121 Å². The number of aryl methyl sites for hydroxylation is 1. The van der Waals surface area contributed by atoms with Crippen molar-refractivity contribution in [1.29, 1.82) is 0 Å². The Bertz CT molecular complexity index is 414. The smallest absolute Gasteiger partial charge is 0.317 e. The van der Waals surface area contributed by atoms with Crippen LogP contribution in [0.4, 0.5) is 0 Å². The van der Waals surface area contributed by atoms with Crippen molar-refractivity contribution in [3.8, 4) is 0 Å². The molecule has 1 fully saturated rings. The third kappa shape index (κ3) is 4.62. The molecular formula is C16H24N2O2. The number of aliphatic carboxylic acids is 1. The molecule has 20 heavy (non-hydrogen) atoms. The number of carboxylic acid groups (broad SMARTS) is 1. The van der Waals surface area contributed by atoms with Gasteiger partial charge in [-0.1, -0.05) is 30.3 Å². The zero-order valence-corrected chi connectivity index (χ0v) is 12.2. The summed E-state index contributed by atoms with van der Waals surface area (Å²) in [6.45, 7) is 6.12. The first kappa shape index (κ1) is 15.0.